The van der Waals surface area contributed by atoms with Crippen molar-refractivity contribution in [1.82, 2.24) is 4.90 Å². The van der Waals surface area contributed by atoms with E-state index in [1.165, 1.54) is 6.26 Å². The predicted molar refractivity (Wildman–Crippen MR) is 63.9 cm³/mol. The lowest BCUT2D eigenvalue weighted by atomic mass is 9.96. The SMILES string of the molecule is Cc1ccoc1C1C(C(=O)O)CC(=O)N1C(C)C. The van der Waals surface area contributed by atoms with Crippen molar-refractivity contribution in [2.75, 3.05) is 0 Å². The van der Waals surface area contributed by atoms with Crippen LogP contribution in [0.3, 0.4) is 0 Å². The largest absolute Gasteiger partial charge is 0.481 e. The summed E-state index contributed by atoms with van der Waals surface area (Å²) < 4.78 is 5.40. The van der Waals surface area contributed by atoms with Gasteiger partial charge in [0.1, 0.15) is 11.8 Å². The van der Waals surface area contributed by atoms with Crippen LogP contribution in [0, 0.1) is 12.8 Å². The maximum absolute atomic E-state index is 12.0. The van der Waals surface area contributed by atoms with E-state index in [-0.39, 0.29) is 18.4 Å². The Hall–Kier alpha value is -1.78. The molecule has 1 fully saturated rings. The van der Waals surface area contributed by atoms with E-state index >= 15 is 0 Å². The molecule has 1 aliphatic heterocycles. The van der Waals surface area contributed by atoms with Gasteiger partial charge in [-0.15, -0.1) is 0 Å². The molecule has 2 heterocycles. The Morgan fingerprint density at radius 3 is 2.67 bits per heavy atom. The quantitative estimate of drug-likeness (QED) is 0.891. The summed E-state index contributed by atoms with van der Waals surface area (Å²) in [6.07, 6.45) is 1.57. The monoisotopic (exact) mass is 251 g/mol. The first-order chi connectivity index (χ1) is 8.43. The Kier molecular flexibility index (Phi) is 3.15. The number of hydrogen-bond acceptors (Lipinski definition) is 3. The Balaban J connectivity index is 2.46. The molecule has 2 unspecified atom stereocenters. The number of furan rings is 1. The highest BCUT2D eigenvalue weighted by Gasteiger charge is 2.47. The van der Waals surface area contributed by atoms with E-state index in [1.807, 2.05) is 20.8 Å². The summed E-state index contributed by atoms with van der Waals surface area (Å²) in [6.45, 7) is 5.62. The zero-order valence-electron chi connectivity index (χ0n) is 10.7. The van der Waals surface area contributed by atoms with Gasteiger partial charge in [-0.3, -0.25) is 9.59 Å². The fraction of sp³-hybridized carbons (Fsp3) is 0.538. The van der Waals surface area contributed by atoms with E-state index in [0.717, 1.165) is 5.56 Å². The summed E-state index contributed by atoms with van der Waals surface area (Å²) in [5, 5.41) is 9.27. The number of carbonyl (C=O) groups is 2. The number of carboxylic acids is 1. The molecule has 0 aliphatic carbocycles. The second-order valence-electron chi connectivity index (χ2n) is 4.96. The topological polar surface area (TPSA) is 70.7 Å². The predicted octanol–water partition coefficient (Wildman–Crippen LogP) is 1.97. The molecule has 0 aromatic carbocycles. The molecule has 2 atom stereocenters. The molecule has 1 aromatic heterocycles. The number of carboxylic acid groups (broad SMARTS) is 1. The van der Waals surface area contributed by atoms with Gasteiger partial charge in [0.25, 0.3) is 0 Å². The van der Waals surface area contributed by atoms with E-state index in [2.05, 4.69) is 0 Å². The van der Waals surface area contributed by atoms with Crippen LogP contribution in [-0.2, 0) is 9.59 Å². The number of aliphatic carboxylic acids is 1. The molecule has 0 spiro atoms. The normalized spacial score (nSPS) is 24.0. The third-order valence-electron chi connectivity index (χ3n) is 3.41. The summed E-state index contributed by atoms with van der Waals surface area (Å²) >= 11 is 0. The minimum absolute atomic E-state index is 0.0400. The van der Waals surface area contributed by atoms with Gasteiger partial charge >= 0.3 is 5.97 Å². The summed E-state index contributed by atoms with van der Waals surface area (Å²) in [5.74, 6) is -1.22. The number of nitrogens with zero attached hydrogens (tertiary/aromatic N) is 1. The van der Waals surface area contributed by atoms with Gasteiger partial charge in [0, 0.05) is 12.5 Å². The summed E-state index contributed by atoms with van der Waals surface area (Å²) in [4.78, 5) is 24.9. The van der Waals surface area contributed by atoms with Crippen molar-refractivity contribution in [3.8, 4) is 0 Å². The van der Waals surface area contributed by atoms with Crippen LogP contribution in [0.4, 0.5) is 0 Å². The maximum atomic E-state index is 12.0. The molecule has 5 heteroatoms. The first-order valence-electron chi connectivity index (χ1n) is 6.01. The Morgan fingerprint density at radius 2 is 2.22 bits per heavy atom. The Labute approximate surface area is 105 Å². The highest BCUT2D eigenvalue weighted by atomic mass is 16.4. The molecule has 1 aliphatic rings. The highest BCUT2D eigenvalue weighted by molar-refractivity contribution is 5.87. The van der Waals surface area contributed by atoms with Crippen LogP contribution in [0.25, 0.3) is 0 Å². The van der Waals surface area contributed by atoms with Crippen molar-refractivity contribution in [3.63, 3.8) is 0 Å². The maximum Gasteiger partial charge on any atom is 0.309 e. The van der Waals surface area contributed by atoms with Crippen molar-refractivity contribution in [2.45, 2.75) is 39.3 Å². The smallest absolute Gasteiger partial charge is 0.309 e. The number of aryl methyl sites for hydroxylation is 1. The van der Waals surface area contributed by atoms with Crippen LogP contribution in [0.1, 0.15) is 37.6 Å². The second kappa shape index (κ2) is 4.48. The minimum Gasteiger partial charge on any atom is -0.481 e. The van der Waals surface area contributed by atoms with Crippen molar-refractivity contribution in [2.24, 2.45) is 5.92 Å². The van der Waals surface area contributed by atoms with Crippen molar-refractivity contribution in [1.29, 1.82) is 0 Å². The van der Waals surface area contributed by atoms with Gasteiger partial charge < -0.3 is 14.4 Å². The van der Waals surface area contributed by atoms with Crippen LogP contribution in [0.5, 0.6) is 0 Å². The second-order valence-corrected chi connectivity index (χ2v) is 4.96. The first kappa shape index (κ1) is 12.7. The number of hydrogen-bond donors (Lipinski definition) is 1. The Morgan fingerprint density at radius 1 is 1.56 bits per heavy atom. The molecule has 1 aromatic rings. The van der Waals surface area contributed by atoms with Gasteiger partial charge in [-0.05, 0) is 32.4 Å². The number of carbonyl (C=O) groups excluding carboxylic acids is 1. The van der Waals surface area contributed by atoms with Crippen molar-refractivity contribution >= 4 is 11.9 Å². The molecular weight excluding hydrogens is 234 g/mol. The van der Waals surface area contributed by atoms with Crippen LogP contribution in [0.2, 0.25) is 0 Å². The third-order valence-corrected chi connectivity index (χ3v) is 3.41. The Bertz CT molecular complexity index is 477. The minimum atomic E-state index is -0.952. The van der Waals surface area contributed by atoms with Crippen LogP contribution in [-0.4, -0.2) is 27.9 Å². The molecule has 1 N–H and O–H groups in total. The van der Waals surface area contributed by atoms with Crippen LogP contribution in [0.15, 0.2) is 16.7 Å². The van der Waals surface area contributed by atoms with E-state index in [9.17, 15) is 14.7 Å². The van der Waals surface area contributed by atoms with Gasteiger partial charge in [-0.25, -0.2) is 0 Å². The summed E-state index contributed by atoms with van der Waals surface area (Å²) in [7, 11) is 0. The molecule has 18 heavy (non-hydrogen) atoms. The molecule has 1 saturated heterocycles. The molecule has 1 amide bonds. The first-order valence-corrected chi connectivity index (χ1v) is 6.01. The van der Waals surface area contributed by atoms with E-state index in [4.69, 9.17) is 4.42 Å². The zero-order chi connectivity index (χ0) is 13.4. The van der Waals surface area contributed by atoms with Crippen LogP contribution < -0.4 is 0 Å². The fourth-order valence-corrected chi connectivity index (χ4v) is 2.58. The van der Waals surface area contributed by atoms with Gasteiger partial charge in [0.2, 0.25) is 5.91 Å². The van der Waals surface area contributed by atoms with E-state index < -0.39 is 17.9 Å². The molecule has 98 valence electrons. The molecule has 0 radical (unpaired) electrons. The molecule has 0 saturated carbocycles. The number of likely N-dealkylation sites (tertiary alicyclic amines) is 1. The van der Waals surface area contributed by atoms with Gasteiger partial charge in [0.15, 0.2) is 0 Å². The number of amides is 1. The van der Waals surface area contributed by atoms with E-state index in [0.29, 0.717) is 5.76 Å². The lowest BCUT2D eigenvalue weighted by molar-refractivity contribution is -0.143. The van der Waals surface area contributed by atoms with Gasteiger partial charge in [-0.1, -0.05) is 0 Å². The third kappa shape index (κ3) is 1.89. The van der Waals surface area contributed by atoms with Crippen LogP contribution >= 0.6 is 0 Å². The highest BCUT2D eigenvalue weighted by Crippen LogP contribution is 2.41. The molecule has 0 bridgehead atoms. The summed E-state index contributed by atoms with van der Waals surface area (Å²) in [5.41, 5.74) is 0.881. The lowest BCUT2D eigenvalue weighted by Gasteiger charge is -2.29. The molecule has 5 nitrogen and oxygen atoms in total. The fourth-order valence-electron chi connectivity index (χ4n) is 2.58. The van der Waals surface area contributed by atoms with Gasteiger partial charge in [0.05, 0.1) is 12.2 Å². The van der Waals surface area contributed by atoms with Crippen molar-refractivity contribution < 1.29 is 19.1 Å². The number of rotatable bonds is 3. The standard InChI is InChI=1S/C13H17NO4/c1-7(2)14-10(15)6-9(13(16)17)11(14)12-8(3)4-5-18-12/h4-5,7,9,11H,6H2,1-3H3,(H,16,17). The zero-order valence-corrected chi connectivity index (χ0v) is 10.7. The van der Waals surface area contributed by atoms with Crippen molar-refractivity contribution in [3.05, 3.63) is 23.7 Å². The summed E-state index contributed by atoms with van der Waals surface area (Å²) in [6, 6.07) is 1.25. The molecular formula is C13H17NO4. The lowest BCUT2D eigenvalue weighted by Crippen LogP contribution is -2.36. The van der Waals surface area contributed by atoms with Gasteiger partial charge in [-0.2, -0.15) is 0 Å². The average Bonchev–Trinajstić information content (AvgIpc) is 2.81. The van der Waals surface area contributed by atoms with E-state index in [1.54, 1.807) is 11.0 Å². The average molecular weight is 251 g/mol. The molecule has 2 rings (SSSR count).